The van der Waals surface area contributed by atoms with E-state index in [1.54, 1.807) is 46.2 Å². The van der Waals surface area contributed by atoms with Crippen LogP contribution in [0.15, 0.2) is 148 Å². The summed E-state index contributed by atoms with van der Waals surface area (Å²) in [5, 5.41) is 1.77. The smallest absolute Gasteiger partial charge is 0.341 e. The molecule has 6 nitrogen and oxygen atoms in total. The van der Waals surface area contributed by atoms with Gasteiger partial charge in [-0.15, -0.1) is 46.2 Å². The summed E-state index contributed by atoms with van der Waals surface area (Å²) in [4.78, 5) is 30.5. The van der Waals surface area contributed by atoms with Crippen LogP contribution in [0.5, 0.6) is 0 Å². The van der Waals surface area contributed by atoms with Crippen molar-refractivity contribution in [1.29, 1.82) is 0 Å². The fourth-order valence-electron chi connectivity index (χ4n) is 7.63. The molecule has 3 aromatic carbocycles. The van der Waals surface area contributed by atoms with Crippen LogP contribution in [0.25, 0.3) is 32.8 Å². The Kier molecular flexibility index (Phi) is 10.7. The first kappa shape index (κ1) is 37.3. The second-order valence-electron chi connectivity index (χ2n) is 13.4. The van der Waals surface area contributed by atoms with E-state index in [0.717, 1.165) is 68.1 Å². The van der Waals surface area contributed by atoms with Gasteiger partial charge in [0.1, 0.15) is 0 Å². The van der Waals surface area contributed by atoms with Crippen LogP contribution in [-0.4, -0.2) is 34.0 Å². The van der Waals surface area contributed by atoms with Gasteiger partial charge in [0.15, 0.2) is 0 Å². The molecule has 0 radical (unpaired) electrons. The first-order valence-corrected chi connectivity index (χ1v) is 22.5. The Morgan fingerprint density at radius 1 is 0.561 bits per heavy atom. The Bertz CT molecular complexity index is 2700. The van der Waals surface area contributed by atoms with Gasteiger partial charge < -0.3 is 18.3 Å². The summed E-state index contributed by atoms with van der Waals surface area (Å²) in [6.07, 6.45) is 4.09. The number of benzene rings is 3. The Balaban J connectivity index is 1.37. The minimum absolute atomic E-state index is 0.259. The van der Waals surface area contributed by atoms with Crippen molar-refractivity contribution in [3.05, 3.63) is 177 Å². The third kappa shape index (κ3) is 6.84. The standard InChI is InChI=1S/C47H38N2O4S4/c1-3-52-44(50)36-33-24-14-16-26-48(33)40-38(36)42(56-46(40)54-28-30-18-8-5-9-19-30)35(32-22-12-7-13-23-32)43-39-37(45(51)53-4-2)34-25-15-17-27-49(34)41(39)47(57-43)55-29-31-20-10-6-11-21-31/h5-27,35H,3-4,28-29H2,1-2H3. The molecule has 0 spiro atoms. The highest BCUT2D eigenvalue weighted by atomic mass is 32.2. The lowest BCUT2D eigenvalue weighted by Gasteiger charge is -2.17. The molecule has 6 heterocycles. The van der Waals surface area contributed by atoms with Crippen LogP contribution in [0.1, 0.15) is 66.9 Å². The molecule has 0 amide bonds. The third-order valence-electron chi connectivity index (χ3n) is 10.0. The van der Waals surface area contributed by atoms with Crippen LogP contribution in [0.2, 0.25) is 0 Å². The number of hydrogen-bond donors (Lipinski definition) is 0. The molecule has 0 bridgehead atoms. The molecule has 284 valence electrons. The molecule has 0 fully saturated rings. The zero-order valence-corrected chi connectivity index (χ0v) is 34.6. The van der Waals surface area contributed by atoms with Crippen molar-refractivity contribution in [3.63, 3.8) is 0 Å². The Morgan fingerprint density at radius 3 is 1.39 bits per heavy atom. The quantitative estimate of drug-likeness (QED) is 0.0853. The highest BCUT2D eigenvalue weighted by molar-refractivity contribution is 8.01. The monoisotopic (exact) mass is 822 g/mol. The molecular weight excluding hydrogens is 785 g/mol. The Morgan fingerprint density at radius 2 is 0.965 bits per heavy atom. The predicted octanol–water partition coefficient (Wildman–Crippen LogP) is 12.7. The van der Waals surface area contributed by atoms with E-state index in [4.69, 9.17) is 9.47 Å². The third-order valence-corrected chi connectivity index (χ3v) is 15.2. The van der Waals surface area contributed by atoms with Gasteiger partial charge in [0.25, 0.3) is 0 Å². The van der Waals surface area contributed by atoms with Crippen LogP contribution in [0.3, 0.4) is 0 Å². The van der Waals surface area contributed by atoms with Crippen molar-refractivity contribution in [3.8, 4) is 0 Å². The van der Waals surface area contributed by atoms with E-state index in [1.807, 2.05) is 80.8 Å². The number of ether oxygens (including phenoxy) is 2. The number of carbonyl (C=O) groups excluding carboxylic acids is 2. The van der Waals surface area contributed by atoms with Crippen molar-refractivity contribution in [1.82, 2.24) is 8.80 Å². The minimum Gasteiger partial charge on any atom is -0.462 e. The van der Waals surface area contributed by atoms with E-state index in [0.29, 0.717) is 11.1 Å². The fraction of sp³-hybridized carbons (Fsp3) is 0.149. The number of thiophene rings is 2. The molecular formula is C47H38N2O4S4. The summed E-state index contributed by atoms with van der Waals surface area (Å²) >= 11 is 7.03. The van der Waals surface area contributed by atoms with Gasteiger partial charge in [-0.05, 0) is 54.8 Å². The van der Waals surface area contributed by atoms with E-state index in [2.05, 4.69) is 81.6 Å². The first-order chi connectivity index (χ1) is 28.1. The molecule has 0 atom stereocenters. The number of aromatic nitrogens is 2. The van der Waals surface area contributed by atoms with Gasteiger partial charge in [-0.1, -0.05) is 103 Å². The van der Waals surface area contributed by atoms with Gasteiger partial charge in [0.2, 0.25) is 0 Å². The highest BCUT2D eigenvalue weighted by Crippen LogP contribution is 2.54. The maximum Gasteiger partial charge on any atom is 0.341 e. The average Bonchev–Trinajstić information content (AvgIpc) is 3.99. The Hall–Kier alpha value is -5.26. The van der Waals surface area contributed by atoms with E-state index in [-0.39, 0.29) is 31.1 Å². The molecule has 0 N–H and O–H groups in total. The number of fused-ring (bicyclic) bond motifs is 6. The summed E-state index contributed by atoms with van der Waals surface area (Å²) in [7, 11) is 0. The molecule has 0 aliphatic heterocycles. The number of esters is 2. The van der Waals surface area contributed by atoms with Gasteiger partial charge in [0.05, 0.1) is 60.7 Å². The molecule has 0 saturated heterocycles. The van der Waals surface area contributed by atoms with E-state index >= 15 is 0 Å². The number of rotatable bonds is 13. The van der Waals surface area contributed by atoms with Crippen molar-refractivity contribution >= 4 is 91.0 Å². The Labute approximate surface area is 347 Å². The zero-order valence-electron chi connectivity index (χ0n) is 31.3. The van der Waals surface area contributed by atoms with E-state index in [9.17, 15) is 9.59 Å². The van der Waals surface area contributed by atoms with Crippen molar-refractivity contribution in [2.24, 2.45) is 0 Å². The second-order valence-corrected chi connectivity index (χ2v) is 18.0. The normalized spacial score (nSPS) is 11.7. The van der Waals surface area contributed by atoms with Gasteiger partial charge in [-0.25, -0.2) is 9.59 Å². The average molecular weight is 823 g/mol. The molecule has 0 unspecified atom stereocenters. The van der Waals surface area contributed by atoms with Crippen molar-refractivity contribution < 1.29 is 19.1 Å². The lowest BCUT2D eigenvalue weighted by atomic mass is 9.91. The maximum absolute atomic E-state index is 14.2. The molecule has 10 heteroatoms. The number of hydrogen-bond acceptors (Lipinski definition) is 8. The summed E-state index contributed by atoms with van der Waals surface area (Å²) in [5.41, 5.74) is 8.23. The number of thioether (sulfide) groups is 2. The maximum atomic E-state index is 14.2. The largest absolute Gasteiger partial charge is 0.462 e. The highest BCUT2D eigenvalue weighted by Gasteiger charge is 2.36. The number of pyridine rings is 2. The summed E-state index contributed by atoms with van der Waals surface area (Å²) in [6, 6.07) is 43.4. The van der Waals surface area contributed by atoms with Gasteiger partial charge in [-0.2, -0.15) is 0 Å². The molecule has 57 heavy (non-hydrogen) atoms. The lowest BCUT2D eigenvalue weighted by Crippen LogP contribution is -2.08. The molecule has 9 aromatic rings. The molecule has 0 saturated carbocycles. The molecule has 9 rings (SSSR count). The van der Waals surface area contributed by atoms with Gasteiger partial charge >= 0.3 is 11.9 Å². The predicted molar refractivity (Wildman–Crippen MR) is 237 cm³/mol. The van der Waals surface area contributed by atoms with E-state index < -0.39 is 0 Å². The SMILES string of the molecule is CCOC(=O)c1c2c(C(c3ccccc3)c3sc(SCc4ccccc4)c4c3c(C(=O)OCC)c3ccccn34)sc(SCc3ccccc3)c2n2ccccc12. The van der Waals surface area contributed by atoms with E-state index in [1.165, 1.54) is 11.1 Å². The summed E-state index contributed by atoms with van der Waals surface area (Å²) in [6.45, 7) is 4.22. The lowest BCUT2D eigenvalue weighted by molar-refractivity contribution is 0.0521. The van der Waals surface area contributed by atoms with Gasteiger partial charge in [-0.3, -0.25) is 0 Å². The van der Waals surface area contributed by atoms with Crippen molar-refractivity contribution in [2.75, 3.05) is 13.2 Å². The number of nitrogens with zero attached hydrogens (tertiary/aromatic N) is 2. The minimum atomic E-state index is -0.348. The topological polar surface area (TPSA) is 61.4 Å². The number of carbonyl (C=O) groups is 2. The molecule has 0 aliphatic rings. The zero-order chi connectivity index (χ0) is 38.9. The van der Waals surface area contributed by atoms with Crippen LogP contribution in [-0.2, 0) is 21.0 Å². The van der Waals surface area contributed by atoms with Crippen molar-refractivity contribution in [2.45, 2.75) is 39.7 Å². The molecule has 6 aromatic heterocycles. The van der Waals surface area contributed by atoms with Gasteiger partial charge in [0, 0.05) is 44.4 Å². The van der Waals surface area contributed by atoms with Crippen LogP contribution >= 0.6 is 46.2 Å². The first-order valence-electron chi connectivity index (χ1n) is 18.9. The fourth-order valence-corrected chi connectivity index (χ4v) is 13.1. The summed E-state index contributed by atoms with van der Waals surface area (Å²) < 4.78 is 18.2. The van der Waals surface area contributed by atoms with Crippen LogP contribution in [0, 0.1) is 0 Å². The molecule has 0 aliphatic carbocycles. The van der Waals surface area contributed by atoms with Crippen LogP contribution < -0.4 is 0 Å². The van der Waals surface area contributed by atoms with Crippen LogP contribution in [0.4, 0.5) is 0 Å². The second kappa shape index (κ2) is 16.3. The summed E-state index contributed by atoms with van der Waals surface area (Å²) in [5.74, 6) is 0.502.